The molecule has 1 amide bonds. The third-order valence-corrected chi connectivity index (χ3v) is 5.49. The summed E-state index contributed by atoms with van der Waals surface area (Å²) in [6, 6.07) is 8.53. The molecule has 114 valence electrons. The highest BCUT2D eigenvalue weighted by Crippen LogP contribution is 2.29. The fraction of sp³-hybridized carbons (Fsp3) is 0.500. The number of nitrogens with zero attached hydrogens (tertiary/aromatic N) is 1. The van der Waals surface area contributed by atoms with E-state index in [2.05, 4.69) is 23.5 Å². The summed E-state index contributed by atoms with van der Waals surface area (Å²) in [5.74, 6) is 0.0610. The largest absolute Gasteiger partial charge is 0.364 e. The molecule has 0 radical (unpaired) electrons. The Labute approximate surface area is 136 Å². The Balaban J connectivity index is 1.99. The number of carbonyl (C=O) groups is 1. The van der Waals surface area contributed by atoms with Crippen LogP contribution in [0.5, 0.6) is 0 Å². The van der Waals surface area contributed by atoms with Crippen LogP contribution in [-0.4, -0.2) is 34.5 Å². The van der Waals surface area contributed by atoms with Crippen molar-refractivity contribution in [2.75, 3.05) is 14.1 Å². The number of carbonyl (C=O) groups excluding carboxylic acids is 1. The van der Waals surface area contributed by atoms with Gasteiger partial charge in [0, 0.05) is 14.1 Å². The summed E-state index contributed by atoms with van der Waals surface area (Å²) in [6.07, 6.45) is 3.25. The Kier molecular flexibility index (Phi) is 5.65. The van der Waals surface area contributed by atoms with Gasteiger partial charge < -0.3 is 10.2 Å². The van der Waals surface area contributed by atoms with Crippen LogP contribution in [-0.2, 0) is 11.2 Å². The monoisotopic (exact) mass is 322 g/mol. The molecule has 0 fully saturated rings. The molecule has 2 atom stereocenters. The summed E-state index contributed by atoms with van der Waals surface area (Å²) in [6.45, 7) is 1.91. The average Bonchev–Trinajstić information content (AvgIpc) is 2.47. The summed E-state index contributed by atoms with van der Waals surface area (Å²) < 4.78 is 0.738. The third kappa shape index (κ3) is 4.20. The summed E-state index contributed by atoms with van der Waals surface area (Å²) in [5, 5.41) is 3.01. The molecule has 1 aromatic rings. The summed E-state index contributed by atoms with van der Waals surface area (Å²) in [7, 11) is 3.80. The normalized spacial score (nSPS) is 18.5. The van der Waals surface area contributed by atoms with Gasteiger partial charge in [-0.25, -0.2) is 0 Å². The predicted octanol–water partition coefficient (Wildman–Crippen LogP) is 3.15. The smallest absolute Gasteiger partial charge is 0.233 e. The first-order valence-electron chi connectivity index (χ1n) is 7.25. The second-order valence-corrected chi connectivity index (χ2v) is 7.55. The molecule has 2 rings (SSSR count). The molecule has 0 saturated heterocycles. The number of benzene rings is 1. The van der Waals surface area contributed by atoms with Gasteiger partial charge >= 0.3 is 0 Å². The van der Waals surface area contributed by atoms with Gasteiger partial charge in [0.15, 0.2) is 0 Å². The van der Waals surface area contributed by atoms with Crippen LogP contribution in [0.25, 0.3) is 0 Å². The van der Waals surface area contributed by atoms with E-state index in [1.807, 2.05) is 32.0 Å². The zero-order valence-corrected chi connectivity index (χ0v) is 14.4. The first kappa shape index (κ1) is 16.3. The van der Waals surface area contributed by atoms with Crippen LogP contribution in [0.3, 0.4) is 0 Å². The van der Waals surface area contributed by atoms with Gasteiger partial charge in [-0.05, 0) is 37.3 Å². The molecule has 0 aliphatic heterocycles. The van der Waals surface area contributed by atoms with Crippen molar-refractivity contribution >= 4 is 34.2 Å². The Bertz CT molecular complexity index is 531. The number of hydrogen-bond donors (Lipinski definition) is 1. The van der Waals surface area contributed by atoms with Crippen molar-refractivity contribution in [3.8, 4) is 0 Å². The highest BCUT2D eigenvalue weighted by molar-refractivity contribution is 8.23. The van der Waals surface area contributed by atoms with E-state index < -0.39 is 0 Å². The van der Waals surface area contributed by atoms with E-state index in [0.717, 1.165) is 23.6 Å². The molecular weight excluding hydrogens is 300 g/mol. The van der Waals surface area contributed by atoms with Crippen molar-refractivity contribution in [3.63, 3.8) is 0 Å². The zero-order chi connectivity index (χ0) is 15.4. The van der Waals surface area contributed by atoms with Gasteiger partial charge in [-0.15, -0.1) is 0 Å². The molecule has 21 heavy (non-hydrogen) atoms. The molecule has 1 aromatic carbocycles. The number of amides is 1. The van der Waals surface area contributed by atoms with E-state index in [0.29, 0.717) is 0 Å². The second kappa shape index (κ2) is 7.27. The van der Waals surface area contributed by atoms with E-state index >= 15 is 0 Å². The van der Waals surface area contributed by atoms with Crippen molar-refractivity contribution in [1.29, 1.82) is 0 Å². The van der Waals surface area contributed by atoms with Crippen LogP contribution >= 0.6 is 24.0 Å². The van der Waals surface area contributed by atoms with Gasteiger partial charge in [-0.3, -0.25) is 4.79 Å². The minimum absolute atomic E-state index is 0.0610. The van der Waals surface area contributed by atoms with Crippen LogP contribution < -0.4 is 5.32 Å². The standard InChI is InChI=1S/C16H22N2OS2/c1-11(21-16(20)18(2)3)15(19)17-14-10-6-8-12-7-4-5-9-13(12)14/h4-5,7,9,11,14H,6,8,10H2,1-3H3,(H,17,19)/t11-,14+/m0/s1. The van der Waals surface area contributed by atoms with Crippen molar-refractivity contribution in [2.24, 2.45) is 0 Å². The Morgan fingerprint density at radius 2 is 2.14 bits per heavy atom. The van der Waals surface area contributed by atoms with Gasteiger partial charge in [0.1, 0.15) is 4.32 Å². The molecule has 0 aromatic heterocycles. The lowest BCUT2D eigenvalue weighted by molar-refractivity contribution is -0.121. The molecule has 0 bridgehead atoms. The highest BCUT2D eigenvalue weighted by atomic mass is 32.2. The summed E-state index contributed by atoms with van der Waals surface area (Å²) >= 11 is 6.68. The molecule has 0 saturated carbocycles. The minimum Gasteiger partial charge on any atom is -0.364 e. The van der Waals surface area contributed by atoms with Gasteiger partial charge in [-0.2, -0.15) is 0 Å². The maximum absolute atomic E-state index is 12.4. The van der Waals surface area contributed by atoms with Gasteiger partial charge in [0.05, 0.1) is 11.3 Å². The van der Waals surface area contributed by atoms with Crippen molar-refractivity contribution in [3.05, 3.63) is 35.4 Å². The fourth-order valence-electron chi connectivity index (χ4n) is 2.50. The van der Waals surface area contributed by atoms with Crippen LogP contribution in [0, 0.1) is 0 Å². The Morgan fingerprint density at radius 1 is 1.43 bits per heavy atom. The summed E-state index contributed by atoms with van der Waals surface area (Å²) in [5.41, 5.74) is 2.63. The topological polar surface area (TPSA) is 32.3 Å². The van der Waals surface area contributed by atoms with Gasteiger partial charge in [0.2, 0.25) is 5.91 Å². The zero-order valence-electron chi connectivity index (χ0n) is 12.8. The third-order valence-electron chi connectivity index (χ3n) is 3.70. The number of aryl methyl sites for hydroxylation is 1. The van der Waals surface area contributed by atoms with E-state index in [9.17, 15) is 4.79 Å². The maximum atomic E-state index is 12.4. The number of fused-ring (bicyclic) bond motifs is 1. The molecule has 0 unspecified atom stereocenters. The van der Waals surface area contributed by atoms with E-state index in [1.54, 1.807) is 0 Å². The van der Waals surface area contributed by atoms with Crippen molar-refractivity contribution in [2.45, 2.75) is 37.5 Å². The molecule has 1 aliphatic carbocycles. The lowest BCUT2D eigenvalue weighted by Gasteiger charge is -2.27. The SMILES string of the molecule is C[C@H](SC(=S)N(C)C)C(=O)N[C@@H]1CCCc2ccccc21. The van der Waals surface area contributed by atoms with Crippen LogP contribution in [0.2, 0.25) is 0 Å². The maximum Gasteiger partial charge on any atom is 0.233 e. The van der Waals surface area contributed by atoms with Crippen LogP contribution in [0.4, 0.5) is 0 Å². The lowest BCUT2D eigenvalue weighted by Crippen LogP contribution is -2.37. The molecule has 1 aliphatic rings. The van der Waals surface area contributed by atoms with Crippen LogP contribution in [0.1, 0.15) is 36.9 Å². The average molecular weight is 322 g/mol. The minimum atomic E-state index is -0.172. The molecule has 3 nitrogen and oxygen atoms in total. The number of hydrogen-bond acceptors (Lipinski definition) is 3. The van der Waals surface area contributed by atoms with Crippen LogP contribution in [0.15, 0.2) is 24.3 Å². The van der Waals surface area contributed by atoms with E-state index in [1.165, 1.54) is 22.9 Å². The molecular formula is C16H22N2OS2. The Morgan fingerprint density at radius 3 is 2.86 bits per heavy atom. The van der Waals surface area contributed by atoms with Crippen molar-refractivity contribution in [1.82, 2.24) is 10.2 Å². The predicted molar refractivity (Wildman–Crippen MR) is 93.6 cm³/mol. The highest BCUT2D eigenvalue weighted by Gasteiger charge is 2.24. The lowest BCUT2D eigenvalue weighted by atomic mass is 9.88. The quantitative estimate of drug-likeness (QED) is 0.867. The van der Waals surface area contributed by atoms with E-state index in [-0.39, 0.29) is 17.2 Å². The number of nitrogens with one attached hydrogen (secondary N) is 1. The van der Waals surface area contributed by atoms with Gasteiger partial charge in [0.25, 0.3) is 0 Å². The molecule has 0 spiro atoms. The van der Waals surface area contributed by atoms with Gasteiger partial charge in [-0.1, -0.05) is 48.2 Å². The van der Waals surface area contributed by atoms with Crippen molar-refractivity contribution < 1.29 is 4.79 Å². The molecule has 1 N–H and O–H groups in total. The Hall–Kier alpha value is -1.07. The second-order valence-electron chi connectivity index (χ2n) is 5.57. The molecule has 5 heteroatoms. The fourth-order valence-corrected chi connectivity index (χ4v) is 3.62. The number of thioether (sulfide) groups is 1. The number of thiocarbonyl (C=S) groups is 1. The van der Waals surface area contributed by atoms with E-state index in [4.69, 9.17) is 12.2 Å². The summed E-state index contributed by atoms with van der Waals surface area (Å²) in [4.78, 5) is 14.2. The number of rotatable bonds is 3. The first-order chi connectivity index (χ1) is 9.99. The first-order valence-corrected chi connectivity index (χ1v) is 8.54. The molecule has 0 heterocycles.